The van der Waals surface area contributed by atoms with Crippen molar-refractivity contribution in [1.29, 1.82) is 0 Å². The van der Waals surface area contributed by atoms with Crippen LogP contribution in [-0.4, -0.2) is 17.6 Å². The summed E-state index contributed by atoms with van der Waals surface area (Å²) >= 11 is 10.7. The van der Waals surface area contributed by atoms with Crippen molar-refractivity contribution in [2.24, 2.45) is 0 Å². The predicted octanol–water partition coefficient (Wildman–Crippen LogP) is 4.48. The summed E-state index contributed by atoms with van der Waals surface area (Å²) in [7, 11) is 0. The molecule has 1 N–H and O–H groups in total. The zero-order chi connectivity index (χ0) is 13.8. The van der Waals surface area contributed by atoms with Crippen LogP contribution in [0, 0.1) is 0 Å². The third-order valence-corrected chi connectivity index (χ3v) is 4.34. The van der Waals surface area contributed by atoms with Gasteiger partial charge in [0, 0.05) is 5.38 Å². The lowest BCUT2D eigenvalue weighted by atomic mass is 10.3. The van der Waals surface area contributed by atoms with Gasteiger partial charge in [0.2, 0.25) is 0 Å². The number of hydrogen-bond acceptors (Lipinski definition) is 5. The highest BCUT2D eigenvalue weighted by molar-refractivity contribution is 9.10. The van der Waals surface area contributed by atoms with E-state index in [0.717, 1.165) is 10.2 Å². The van der Waals surface area contributed by atoms with E-state index in [-0.39, 0.29) is 0 Å². The minimum atomic E-state index is -0.419. The van der Waals surface area contributed by atoms with Gasteiger partial charge in [-0.2, -0.15) is 0 Å². The number of aromatic nitrogens is 1. The zero-order valence-electron chi connectivity index (χ0n) is 9.94. The molecule has 0 fully saturated rings. The van der Waals surface area contributed by atoms with Crippen molar-refractivity contribution < 1.29 is 9.53 Å². The van der Waals surface area contributed by atoms with Gasteiger partial charge in [0.05, 0.1) is 21.8 Å². The Morgan fingerprint density at radius 1 is 1.58 bits per heavy atom. The molecule has 7 heteroatoms. The first-order valence-corrected chi connectivity index (χ1v) is 7.50. The summed E-state index contributed by atoms with van der Waals surface area (Å²) in [6.45, 7) is 2.09. The molecule has 1 heterocycles. The van der Waals surface area contributed by atoms with Crippen molar-refractivity contribution in [3.63, 3.8) is 0 Å². The molecule has 0 spiro atoms. The van der Waals surface area contributed by atoms with Gasteiger partial charge in [-0.1, -0.05) is 17.7 Å². The van der Waals surface area contributed by atoms with Gasteiger partial charge in [0.25, 0.3) is 0 Å². The Bertz CT molecular complexity index is 603. The van der Waals surface area contributed by atoms with E-state index in [1.165, 1.54) is 11.3 Å². The molecule has 0 aliphatic carbocycles. The topological polar surface area (TPSA) is 51.2 Å². The fraction of sp³-hybridized carbons (Fsp3) is 0.167. The molecule has 1 aromatic heterocycles. The summed E-state index contributed by atoms with van der Waals surface area (Å²) in [6.07, 6.45) is 0. The molecule has 2 aromatic rings. The Hall–Kier alpha value is -1.11. The third-order valence-electron chi connectivity index (χ3n) is 2.18. The van der Waals surface area contributed by atoms with Gasteiger partial charge in [-0.25, -0.2) is 9.78 Å². The lowest BCUT2D eigenvalue weighted by Crippen LogP contribution is -2.05. The summed E-state index contributed by atoms with van der Waals surface area (Å²) in [5, 5.41) is 5.96. The maximum absolute atomic E-state index is 11.5. The van der Waals surface area contributed by atoms with Crippen molar-refractivity contribution in [3.05, 3.63) is 38.8 Å². The van der Waals surface area contributed by atoms with Crippen LogP contribution in [0.15, 0.2) is 28.1 Å². The number of anilines is 2. The highest BCUT2D eigenvalue weighted by Crippen LogP contribution is 2.32. The Morgan fingerprint density at radius 2 is 2.37 bits per heavy atom. The molecule has 0 saturated carbocycles. The lowest BCUT2D eigenvalue weighted by Gasteiger charge is -2.06. The summed E-state index contributed by atoms with van der Waals surface area (Å²) < 4.78 is 5.64. The van der Waals surface area contributed by atoms with Crippen LogP contribution in [-0.2, 0) is 4.74 Å². The van der Waals surface area contributed by atoms with E-state index >= 15 is 0 Å². The standard InChI is InChI=1S/C12H10BrClN2O2S/c1-2-18-11(17)9-6-19-12(16-9)15-8-5-3-4-7(14)10(8)13/h3-6H,2H2,1H3,(H,15,16). The van der Waals surface area contributed by atoms with Gasteiger partial charge in [-0.3, -0.25) is 0 Å². The minimum absolute atomic E-state index is 0.299. The van der Waals surface area contributed by atoms with Crippen LogP contribution >= 0.6 is 38.9 Å². The van der Waals surface area contributed by atoms with Crippen LogP contribution in [0.4, 0.5) is 10.8 Å². The second-order valence-electron chi connectivity index (χ2n) is 3.48. The number of carbonyl (C=O) groups is 1. The van der Waals surface area contributed by atoms with E-state index in [2.05, 4.69) is 26.2 Å². The van der Waals surface area contributed by atoms with Gasteiger partial charge < -0.3 is 10.1 Å². The Kier molecular flexibility index (Phi) is 4.79. The Balaban J connectivity index is 2.16. The predicted molar refractivity (Wildman–Crippen MR) is 80.5 cm³/mol. The highest BCUT2D eigenvalue weighted by atomic mass is 79.9. The number of halogens is 2. The van der Waals surface area contributed by atoms with E-state index in [9.17, 15) is 4.79 Å². The van der Waals surface area contributed by atoms with Crippen molar-refractivity contribution in [3.8, 4) is 0 Å². The molecule has 19 heavy (non-hydrogen) atoms. The first-order chi connectivity index (χ1) is 9.11. The molecule has 0 radical (unpaired) electrons. The molecule has 1 aromatic carbocycles. The number of ether oxygens (including phenoxy) is 1. The fourth-order valence-electron chi connectivity index (χ4n) is 1.35. The van der Waals surface area contributed by atoms with Crippen molar-refractivity contribution in [2.45, 2.75) is 6.92 Å². The van der Waals surface area contributed by atoms with Crippen LogP contribution in [0.25, 0.3) is 0 Å². The molecule has 4 nitrogen and oxygen atoms in total. The number of hydrogen-bond donors (Lipinski definition) is 1. The molecule has 0 aliphatic rings. The molecular weight excluding hydrogens is 352 g/mol. The number of thiazole rings is 1. The normalized spacial score (nSPS) is 10.3. The maximum Gasteiger partial charge on any atom is 0.357 e. The molecule has 0 bridgehead atoms. The Labute approximate surface area is 127 Å². The average Bonchev–Trinajstić information content (AvgIpc) is 2.84. The van der Waals surface area contributed by atoms with Crippen molar-refractivity contribution >= 4 is 55.7 Å². The summed E-state index contributed by atoms with van der Waals surface area (Å²) in [6, 6.07) is 5.47. The monoisotopic (exact) mass is 360 g/mol. The van der Waals surface area contributed by atoms with Gasteiger partial charge in [0.1, 0.15) is 0 Å². The summed E-state index contributed by atoms with van der Waals surface area (Å²) in [5.74, 6) is -0.419. The third kappa shape index (κ3) is 3.46. The Morgan fingerprint density at radius 3 is 3.11 bits per heavy atom. The van der Waals surface area contributed by atoms with E-state index in [4.69, 9.17) is 16.3 Å². The molecule has 0 amide bonds. The molecule has 0 unspecified atom stereocenters. The van der Waals surface area contributed by atoms with E-state index in [1.54, 1.807) is 18.4 Å². The van der Waals surface area contributed by atoms with Crippen molar-refractivity contribution in [2.75, 3.05) is 11.9 Å². The van der Waals surface area contributed by atoms with E-state index in [1.807, 2.05) is 12.1 Å². The van der Waals surface area contributed by atoms with E-state index in [0.29, 0.717) is 22.5 Å². The van der Waals surface area contributed by atoms with Crippen molar-refractivity contribution in [1.82, 2.24) is 4.98 Å². The van der Waals surface area contributed by atoms with Crippen LogP contribution in [0.2, 0.25) is 5.02 Å². The quantitative estimate of drug-likeness (QED) is 0.816. The zero-order valence-corrected chi connectivity index (χ0v) is 13.1. The van der Waals surface area contributed by atoms with Crippen LogP contribution in [0.1, 0.15) is 17.4 Å². The molecule has 0 aliphatic heterocycles. The summed E-state index contributed by atoms with van der Waals surface area (Å²) in [5.41, 5.74) is 1.09. The van der Waals surface area contributed by atoms with E-state index < -0.39 is 5.97 Å². The largest absolute Gasteiger partial charge is 0.461 e. The number of esters is 1. The van der Waals surface area contributed by atoms with Gasteiger partial charge in [-0.15, -0.1) is 11.3 Å². The van der Waals surface area contributed by atoms with Crippen LogP contribution in [0.3, 0.4) is 0 Å². The number of rotatable bonds is 4. The minimum Gasteiger partial charge on any atom is -0.461 e. The lowest BCUT2D eigenvalue weighted by molar-refractivity contribution is 0.0520. The van der Waals surface area contributed by atoms with Gasteiger partial charge in [0.15, 0.2) is 10.8 Å². The summed E-state index contributed by atoms with van der Waals surface area (Å²) in [4.78, 5) is 15.7. The number of benzene rings is 1. The number of nitrogens with one attached hydrogen (secondary N) is 1. The highest BCUT2D eigenvalue weighted by Gasteiger charge is 2.12. The first-order valence-electron chi connectivity index (χ1n) is 5.45. The van der Waals surface area contributed by atoms with Crippen LogP contribution < -0.4 is 5.32 Å². The molecule has 0 saturated heterocycles. The average molecular weight is 362 g/mol. The molecule has 0 atom stereocenters. The maximum atomic E-state index is 11.5. The first kappa shape index (κ1) is 14.3. The van der Waals surface area contributed by atoms with Gasteiger partial charge >= 0.3 is 5.97 Å². The molecule has 2 rings (SSSR count). The molecular formula is C12H10BrClN2O2S. The molecule has 100 valence electrons. The number of nitrogens with zero attached hydrogens (tertiary/aromatic N) is 1. The smallest absolute Gasteiger partial charge is 0.357 e. The fourth-order valence-corrected chi connectivity index (χ4v) is 2.58. The SMILES string of the molecule is CCOC(=O)c1csc(Nc2cccc(Cl)c2Br)n1. The van der Waals surface area contributed by atoms with Gasteiger partial charge in [-0.05, 0) is 35.0 Å². The number of carbonyl (C=O) groups excluding carboxylic acids is 1. The second-order valence-corrected chi connectivity index (χ2v) is 5.54. The second kappa shape index (κ2) is 6.36. The van der Waals surface area contributed by atoms with Crippen LogP contribution in [0.5, 0.6) is 0 Å².